The molecule has 0 saturated heterocycles. The Labute approximate surface area is 232 Å². The lowest BCUT2D eigenvalue weighted by Gasteiger charge is -2.27. The Morgan fingerprint density at radius 1 is 0.946 bits per heavy atom. The molecule has 1 heterocycles. The molecule has 1 aliphatic rings. The summed E-state index contributed by atoms with van der Waals surface area (Å²) in [7, 11) is 0. The number of hydrogen-bond donors (Lipinski definition) is 1. The van der Waals surface area contributed by atoms with E-state index in [0.717, 1.165) is 12.1 Å². The molecular weight excluding hydrogens is 607 g/mol. The number of imide groups is 1. The minimum absolute atomic E-state index is 0.190. The van der Waals surface area contributed by atoms with Crippen LogP contribution in [0.5, 0.6) is 0 Å². The van der Waals surface area contributed by atoms with Crippen LogP contribution in [0.25, 0.3) is 0 Å². The predicted molar refractivity (Wildman–Crippen MR) is 132 cm³/mol. The van der Waals surface area contributed by atoms with Gasteiger partial charge in [0.15, 0.2) is 6.61 Å². The smallest absolute Gasteiger partial charge is 0.416 e. The molecule has 1 N–H and O–H groups in total. The number of anilines is 1. The maximum atomic E-state index is 13.1. The van der Waals surface area contributed by atoms with Gasteiger partial charge in [-0.3, -0.25) is 19.3 Å². The number of alkyl halides is 3. The van der Waals surface area contributed by atoms with Gasteiger partial charge in [0.2, 0.25) is 0 Å². The molecule has 2 aromatic rings. The number of halogens is 8. The van der Waals surface area contributed by atoms with Crippen LogP contribution in [-0.2, 0) is 20.5 Å². The average molecular weight is 621 g/mol. The van der Waals surface area contributed by atoms with E-state index in [2.05, 4.69) is 5.32 Å². The van der Waals surface area contributed by atoms with Gasteiger partial charge in [0.05, 0.1) is 47.5 Å². The Morgan fingerprint density at radius 2 is 1.46 bits per heavy atom. The molecule has 3 rings (SSSR count). The fourth-order valence-corrected chi connectivity index (χ4v) is 4.68. The second kappa shape index (κ2) is 10.9. The Hall–Kier alpha value is -2.24. The molecule has 1 atom stereocenters. The average Bonchev–Trinajstić information content (AvgIpc) is 3.06. The molecule has 1 aliphatic heterocycles. The lowest BCUT2D eigenvalue weighted by atomic mass is 10.0. The number of carbonyl (C=O) groups is 4. The van der Waals surface area contributed by atoms with E-state index < -0.39 is 54.0 Å². The van der Waals surface area contributed by atoms with E-state index in [1.54, 1.807) is 0 Å². The second-order valence-corrected chi connectivity index (χ2v) is 9.94. The van der Waals surface area contributed by atoms with E-state index >= 15 is 0 Å². The minimum Gasteiger partial charge on any atom is -0.454 e. The maximum Gasteiger partial charge on any atom is 0.416 e. The van der Waals surface area contributed by atoms with Crippen molar-refractivity contribution in [3.63, 3.8) is 0 Å². The van der Waals surface area contributed by atoms with Crippen LogP contribution in [0.15, 0.2) is 18.2 Å². The molecule has 0 unspecified atom stereocenters. The summed E-state index contributed by atoms with van der Waals surface area (Å²) in [6.45, 7) is 2.04. The zero-order valence-electron chi connectivity index (χ0n) is 18.6. The topological polar surface area (TPSA) is 92.8 Å². The number of nitrogens with one attached hydrogen (secondary N) is 1. The number of fused-ring (bicyclic) bond motifs is 1. The van der Waals surface area contributed by atoms with Crippen molar-refractivity contribution in [2.45, 2.75) is 26.1 Å². The van der Waals surface area contributed by atoms with Gasteiger partial charge in [-0.15, -0.1) is 0 Å². The largest absolute Gasteiger partial charge is 0.454 e. The van der Waals surface area contributed by atoms with E-state index in [4.69, 9.17) is 62.7 Å². The molecule has 0 fully saturated rings. The van der Waals surface area contributed by atoms with Crippen molar-refractivity contribution < 1.29 is 37.1 Å². The van der Waals surface area contributed by atoms with E-state index in [9.17, 15) is 32.3 Å². The van der Waals surface area contributed by atoms with Gasteiger partial charge in [0, 0.05) is 0 Å². The van der Waals surface area contributed by atoms with Crippen LogP contribution in [0.3, 0.4) is 0 Å². The van der Waals surface area contributed by atoms with E-state index in [-0.39, 0.29) is 41.9 Å². The summed E-state index contributed by atoms with van der Waals surface area (Å²) in [4.78, 5) is 51.9. The second-order valence-electron chi connectivity index (χ2n) is 8.02. The molecule has 0 bridgehead atoms. The lowest BCUT2D eigenvalue weighted by Crippen LogP contribution is -2.49. The Bertz CT molecular complexity index is 1290. The highest BCUT2D eigenvalue weighted by Gasteiger charge is 2.48. The van der Waals surface area contributed by atoms with E-state index in [0.29, 0.717) is 11.0 Å². The van der Waals surface area contributed by atoms with Gasteiger partial charge in [-0.05, 0) is 24.1 Å². The van der Waals surface area contributed by atoms with Crippen LogP contribution >= 0.6 is 58.0 Å². The summed E-state index contributed by atoms with van der Waals surface area (Å²) < 4.78 is 43.8. The molecule has 0 spiro atoms. The first kappa shape index (κ1) is 29.3. The summed E-state index contributed by atoms with van der Waals surface area (Å²) >= 11 is 30.0. The normalized spacial score (nSPS) is 14.2. The fourth-order valence-electron chi connectivity index (χ4n) is 3.50. The maximum absolute atomic E-state index is 13.1. The highest BCUT2D eigenvalue weighted by molar-refractivity contribution is 6.55. The lowest BCUT2D eigenvalue weighted by molar-refractivity contribution is -0.152. The Balaban J connectivity index is 1.80. The zero-order valence-corrected chi connectivity index (χ0v) is 22.4. The highest BCUT2D eigenvalue weighted by atomic mass is 35.5. The number of amides is 3. The minimum atomic E-state index is -4.69. The van der Waals surface area contributed by atoms with Crippen LogP contribution in [0.1, 0.15) is 40.1 Å². The first-order valence-corrected chi connectivity index (χ1v) is 12.0. The molecule has 2 aromatic carbocycles. The predicted octanol–water partition coefficient (Wildman–Crippen LogP) is 6.77. The van der Waals surface area contributed by atoms with Gasteiger partial charge in [-0.25, -0.2) is 4.79 Å². The zero-order chi connectivity index (χ0) is 28.0. The number of esters is 1. The van der Waals surface area contributed by atoms with Crippen molar-refractivity contribution in [3.8, 4) is 0 Å². The van der Waals surface area contributed by atoms with Crippen molar-refractivity contribution >= 4 is 87.4 Å². The summed E-state index contributed by atoms with van der Waals surface area (Å²) in [6.07, 6.45) is -4.69. The highest BCUT2D eigenvalue weighted by Crippen LogP contribution is 2.45. The number of hydrogen-bond acceptors (Lipinski definition) is 5. The molecule has 198 valence electrons. The molecule has 7 nitrogen and oxygen atoms in total. The van der Waals surface area contributed by atoms with Crippen LogP contribution in [-0.4, -0.2) is 41.2 Å². The van der Waals surface area contributed by atoms with Crippen LogP contribution in [0.2, 0.25) is 25.1 Å². The van der Waals surface area contributed by atoms with Crippen molar-refractivity contribution in [3.05, 3.63) is 60.0 Å². The quantitative estimate of drug-likeness (QED) is 0.167. The first-order chi connectivity index (χ1) is 17.1. The number of nitrogens with zero attached hydrogens (tertiary/aromatic N) is 1. The molecule has 3 amide bonds. The number of ether oxygens (including phenoxy) is 1. The molecule has 0 aliphatic carbocycles. The van der Waals surface area contributed by atoms with Gasteiger partial charge in [0.25, 0.3) is 17.7 Å². The van der Waals surface area contributed by atoms with Crippen molar-refractivity contribution in [2.24, 2.45) is 5.92 Å². The molecule has 0 saturated carbocycles. The number of rotatable bonds is 6. The van der Waals surface area contributed by atoms with Gasteiger partial charge >= 0.3 is 12.1 Å². The summed E-state index contributed by atoms with van der Waals surface area (Å²) in [5.74, 6) is -4.86. The van der Waals surface area contributed by atoms with Crippen molar-refractivity contribution in [2.75, 3.05) is 11.9 Å². The van der Waals surface area contributed by atoms with Crippen LogP contribution in [0.4, 0.5) is 18.9 Å². The monoisotopic (exact) mass is 618 g/mol. The molecule has 0 radical (unpaired) electrons. The summed E-state index contributed by atoms with van der Waals surface area (Å²) in [6, 6.07) is 0.757. The van der Waals surface area contributed by atoms with Crippen molar-refractivity contribution in [1.29, 1.82) is 0 Å². The number of carbonyl (C=O) groups excluding carboxylic acids is 4. The Kier molecular flexibility index (Phi) is 8.61. The third-order valence-corrected chi connectivity index (χ3v) is 7.33. The summed E-state index contributed by atoms with van der Waals surface area (Å²) in [5, 5.41) is 0.738. The van der Waals surface area contributed by atoms with Crippen LogP contribution in [0, 0.1) is 5.92 Å². The first-order valence-electron chi connectivity index (χ1n) is 10.1. The molecule has 0 aromatic heterocycles. The Morgan fingerprint density at radius 3 is 1.92 bits per heavy atom. The summed E-state index contributed by atoms with van der Waals surface area (Å²) in [5.41, 5.74) is -2.12. The van der Waals surface area contributed by atoms with E-state index in [1.807, 2.05) is 0 Å². The standard InChI is InChI=1S/C22H14Cl5F3N2O5/c1-7(2)18(32-19(34)12-13(20(32)35)15(25)17(27)16(26)14(12)24)21(36)37-6-11(33)31-10-5-8(22(28,29)30)3-4-9(10)23/h3-5,7,18H,6H2,1-2H3,(H,31,33)/t18-/m1/s1. The van der Waals surface area contributed by atoms with Crippen molar-refractivity contribution in [1.82, 2.24) is 4.90 Å². The fraction of sp³-hybridized carbons (Fsp3) is 0.273. The van der Waals surface area contributed by atoms with Gasteiger partial charge in [-0.1, -0.05) is 71.9 Å². The number of benzene rings is 2. The van der Waals surface area contributed by atoms with Gasteiger partial charge in [-0.2, -0.15) is 13.2 Å². The van der Waals surface area contributed by atoms with Crippen LogP contribution < -0.4 is 5.32 Å². The molecular formula is C22H14Cl5F3N2O5. The van der Waals surface area contributed by atoms with Gasteiger partial charge in [0.1, 0.15) is 6.04 Å². The third-order valence-electron chi connectivity index (χ3n) is 5.20. The SMILES string of the molecule is CC(C)[C@H](C(=O)OCC(=O)Nc1cc(C(F)(F)F)ccc1Cl)N1C(=O)c2c(Cl)c(Cl)c(Cl)c(Cl)c2C1=O. The molecule has 15 heteroatoms. The van der Waals surface area contributed by atoms with E-state index in [1.165, 1.54) is 13.8 Å². The van der Waals surface area contributed by atoms with Gasteiger partial charge < -0.3 is 10.1 Å². The third kappa shape index (κ3) is 5.63. The molecule has 37 heavy (non-hydrogen) atoms.